The minimum Gasteiger partial charge on any atom is -0.494 e. The number of amides is 1. The Kier molecular flexibility index (Phi) is 5.93. The molecule has 3 aromatic rings. The lowest BCUT2D eigenvalue weighted by atomic mass is 10.1. The van der Waals surface area contributed by atoms with Crippen molar-refractivity contribution in [2.45, 2.75) is 33.8 Å². The first-order valence-corrected chi connectivity index (χ1v) is 9.08. The van der Waals surface area contributed by atoms with E-state index in [0.717, 1.165) is 22.4 Å². The largest absolute Gasteiger partial charge is 0.494 e. The van der Waals surface area contributed by atoms with Crippen molar-refractivity contribution < 1.29 is 18.8 Å². The van der Waals surface area contributed by atoms with E-state index in [1.54, 1.807) is 6.92 Å². The molecule has 7 heteroatoms. The van der Waals surface area contributed by atoms with Gasteiger partial charge in [0.25, 0.3) is 17.7 Å². The number of nitrogens with one attached hydrogen (secondary N) is 1. The zero-order valence-corrected chi connectivity index (χ0v) is 16.4. The molecule has 0 bridgehead atoms. The van der Waals surface area contributed by atoms with E-state index in [-0.39, 0.29) is 11.9 Å². The highest BCUT2D eigenvalue weighted by molar-refractivity contribution is 5.92. The number of rotatable bonds is 7. The third kappa shape index (κ3) is 4.49. The van der Waals surface area contributed by atoms with E-state index < -0.39 is 6.10 Å². The molecular weight excluding hydrogens is 358 g/mol. The molecule has 0 radical (unpaired) electrons. The Hall–Kier alpha value is -3.35. The second kappa shape index (κ2) is 8.56. The highest BCUT2D eigenvalue weighted by Crippen LogP contribution is 2.23. The summed E-state index contributed by atoms with van der Waals surface area (Å²) in [6.07, 6.45) is -0.715. The lowest BCUT2D eigenvalue weighted by molar-refractivity contribution is -0.122. The number of anilines is 1. The molecule has 0 saturated carbocycles. The molecule has 0 aliphatic rings. The Balaban J connectivity index is 1.63. The van der Waals surface area contributed by atoms with Crippen molar-refractivity contribution in [3.05, 3.63) is 53.6 Å². The molecule has 0 aliphatic heterocycles. The molecule has 0 spiro atoms. The van der Waals surface area contributed by atoms with Crippen LogP contribution in [0.3, 0.4) is 0 Å². The molecule has 0 aliphatic carbocycles. The van der Waals surface area contributed by atoms with Gasteiger partial charge in [-0.1, -0.05) is 12.1 Å². The number of ether oxygens (including phenoxy) is 2. The average Bonchev–Trinajstić information content (AvgIpc) is 3.14. The van der Waals surface area contributed by atoms with Gasteiger partial charge in [-0.2, -0.15) is 4.98 Å². The van der Waals surface area contributed by atoms with Gasteiger partial charge >= 0.3 is 0 Å². The topological polar surface area (TPSA) is 86.5 Å². The Morgan fingerprint density at radius 3 is 2.64 bits per heavy atom. The van der Waals surface area contributed by atoms with Crippen molar-refractivity contribution in [1.29, 1.82) is 0 Å². The summed E-state index contributed by atoms with van der Waals surface area (Å²) in [6, 6.07) is 13.0. The fraction of sp³-hybridized carbons (Fsp3) is 0.286. The monoisotopic (exact) mass is 381 g/mol. The van der Waals surface area contributed by atoms with Gasteiger partial charge in [-0.3, -0.25) is 10.1 Å². The average molecular weight is 381 g/mol. The first-order chi connectivity index (χ1) is 13.5. The molecule has 1 amide bonds. The maximum absolute atomic E-state index is 12.4. The van der Waals surface area contributed by atoms with E-state index in [2.05, 4.69) is 15.5 Å². The van der Waals surface area contributed by atoms with Crippen LogP contribution in [0, 0.1) is 13.8 Å². The summed E-state index contributed by atoms with van der Waals surface area (Å²) in [5, 5.41) is 6.42. The van der Waals surface area contributed by atoms with Crippen molar-refractivity contribution in [2.24, 2.45) is 0 Å². The van der Waals surface area contributed by atoms with Crippen molar-refractivity contribution in [2.75, 3.05) is 11.9 Å². The van der Waals surface area contributed by atoms with Gasteiger partial charge in [-0.15, -0.1) is 0 Å². The van der Waals surface area contributed by atoms with Crippen molar-refractivity contribution in [1.82, 2.24) is 10.1 Å². The zero-order chi connectivity index (χ0) is 20.1. The summed E-state index contributed by atoms with van der Waals surface area (Å²) in [4.78, 5) is 16.6. The first-order valence-electron chi connectivity index (χ1n) is 9.08. The number of benzene rings is 2. The number of nitrogens with zero attached hydrogens (tertiary/aromatic N) is 2. The standard InChI is InChI=1S/C21H23N3O4/c1-5-26-17-11-9-16(10-12-17)20-23-21(24-28-20)22-19(25)15(4)27-18-8-6-7-13(2)14(18)3/h6-12,15H,5H2,1-4H3,(H,22,24,25)/t15-/m0/s1. The molecular formula is C21H23N3O4. The van der Waals surface area contributed by atoms with E-state index >= 15 is 0 Å². The van der Waals surface area contributed by atoms with Crippen molar-refractivity contribution in [3.63, 3.8) is 0 Å². The number of aromatic nitrogens is 2. The predicted molar refractivity (Wildman–Crippen MR) is 106 cm³/mol. The molecule has 1 N–H and O–H groups in total. The minimum atomic E-state index is -0.715. The smallest absolute Gasteiger partial charge is 0.270 e. The van der Waals surface area contributed by atoms with E-state index in [1.165, 1.54) is 0 Å². The van der Waals surface area contributed by atoms with Crippen LogP contribution in [0.4, 0.5) is 5.95 Å². The van der Waals surface area contributed by atoms with Gasteiger partial charge in [0, 0.05) is 5.56 Å². The molecule has 1 atom stereocenters. The minimum absolute atomic E-state index is 0.0882. The van der Waals surface area contributed by atoms with Crippen LogP contribution < -0.4 is 14.8 Å². The third-order valence-corrected chi connectivity index (χ3v) is 4.30. The Bertz CT molecular complexity index is 951. The zero-order valence-electron chi connectivity index (χ0n) is 16.4. The molecule has 1 aromatic heterocycles. The van der Waals surface area contributed by atoms with Crippen LogP contribution in [0.25, 0.3) is 11.5 Å². The van der Waals surface area contributed by atoms with Gasteiger partial charge < -0.3 is 14.0 Å². The molecule has 1 heterocycles. The molecule has 146 valence electrons. The van der Waals surface area contributed by atoms with Crippen molar-refractivity contribution >= 4 is 11.9 Å². The van der Waals surface area contributed by atoms with E-state index in [4.69, 9.17) is 14.0 Å². The first kappa shape index (κ1) is 19.4. The Labute approximate surface area is 163 Å². The summed E-state index contributed by atoms with van der Waals surface area (Å²) in [7, 11) is 0. The van der Waals surface area contributed by atoms with Crippen LogP contribution in [0.15, 0.2) is 47.0 Å². The van der Waals surface area contributed by atoms with Gasteiger partial charge in [0.1, 0.15) is 11.5 Å². The highest BCUT2D eigenvalue weighted by Gasteiger charge is 2.19. The SMILES string of the molecule is CCOc1ccc(-c2nc(NC(=O)[C@H](C)Oc3cccc(C)c3C)no2)cc1. The number of carbonyl (C=O) groups is 1. The lowest BCUT2D eigenvalue weighted by Gasteiger charge is -2.16. The molecule has 0 fully saturated rings. The molecule has 7 nitrogen and oxygen atoms in total. The van der Waals surface area contributed by atoms with Gasteiger partial charge in [0.15, 0.2) is 6.10 Å². The van der Waals surface area contributed by atoms with Gasteiger partial charge in [0.05, 0.1) is 6.61 Å². The van der Waals surface area contributed by atoms with Crippen LogP contribution in [0.2, 0.25) is 0 Å². The molecule has 0 unspecified atom stereocenters. The molecule has 3 rings (SSSR count). The second-order valence-corrected chi connectivity index (χ2v) is 6.33. The number of carbonyl (C=O) groups excluding carboxylic acids is 1. The van der Waals surface area contributed by atoms with Crippen LogP contribution in [-0.4, -0.2) is 28.8 Å². The number of hydrogen-bond donors (Lipinski definition) is 1. The number of hydrogen-bond acceptors (Lipinski definition) is 6. The second-order valence-electron chi connectivity index (χ2n) is 6.33. The summed E-state index contributed by atoms with van der Waals surface area (Å²) in [5.74, 6) is 1.47. The third-order valence-electron chi connectivity index (χ3n) is 4.30. The normalized spacial score (nSPS) is 11.7. The van der Waals surface area contributed by atoms with Gasteiger partial charge in [-0.05, 0) is 74.3 Å². The summed E-state index contributed by atoms with van der Waals surface area (Å²) < 4.78 is 16.4. The summed E-state index contributed by atoms with van der Waals surface area (Å²) in [6.45, 7) is 8.14. The van der Waals surface area contributed by atoms with Crippen LogP contribution in [0.1, 0.15) is 25.0 Å². The Morgan fingerprint density at radius 2 is 1.93 bits per heavy atom. The van der Waals surface area contributed by atoms with E-state index in [0.29, 0.717) is 18.2 Å². The van der Waals surface area contributed by atoms with Crippen LogP contribution in [0.5, 0.6) is 11.5 Å². The number of aryl methyl sites for hydroxylation is 1. The molecule has 0 saturated heterocycles. The van der Waals surface area contributed by atoms with Gasteiger partial charge in [-0.25, -0.2) is 0 Å². The quantitative estimate of drug-likeness (QED) is 0.661. The fourth-order valence-corrected chi connectivity index (χ4v) is 2.56. The van der Waals surface area contributed by atoms with Gasteiger partial charge in [0.2, 0.25) is 0 Å². The Morgan fingerprint density at radius 1 is 1.18 bits per heavy atom. The fourth-order valence-electron chi connectivity index (χ4n) is 2.56. The molecule has 2 aromatic carbocycles. The predicted octanol–water partition coefficient (Wildman–Crippen LogP) is 4.16. The molecule has 28 heavy (non-hydrogen) atoms. The lowest BCUT2D eigenvalue weighted by Crippen LogP contribution is -2.30. The summed E-state index contributed by atoms with van der Waals surface area (Å²) >= 11 is 0. The van der Waals surface area contributed by atoms with E-state index in [9.17, 15) is 4.79 Å². The summed E-state index contributed by atoms with van der Waals surface area (Å²) in [5.41, 5.74) is 2.83. The van der Waals surface area contributed by atoms with Crippen LogP contribution >= 0.6 is 0 Å². The highest BCUT2D eigenvalue weighted by atomic mass is 16.5. The van der Waals surface area contributed by atoms with Crippen LogP contribution in [-0.2, 0) is 4.79 Å². The maximum Gasteiger partial charge on any atom is 0.270 e. The van der Waals surface area contributed by atoms with Crippen molar-refractivity contribution in [3.8, 4) is 23.0 Å². The van der Waals surface area contributed by atoms with E-state index in [1.807, 2.05) is 63.2 Å². The maximum atomic E-state index is 12.4.